The van der Waals surface area contributed by atoms with Gasteiger partial charge in [0.15, 0.2) is 0 Å². The second-order valence-electron chi connectivity index (χ2n) is 7.78. The van der Waals surface area contributed by atoms with Crippen LogP contribution in [0.15, 0.2) is 24.3 Å². The highest BCUT2D eigenvalue weighted by Crippen LogP contribution is 2.50. The highest BCUT2D eigenvalue weighted by Gasteiger charge is 2.40. The summed E-state index contributed by atoms with van der Waals surface area (Å²) >= 11 is 0. The molecule has 0 amide bonds. The van der Waals surface area contributed by atoms with Gasteiger partial charge in [-0.2, -0.15) is 0 Å². The molecule has 1 heteroatoms. The number of hydrogen-bond acceptors (Lipinski definition) is 1. The molecule has 2 unspecified atom stereocenters. The molecule has 0 heterocycles. The maximum atomic E-state index is 3.84. The predicted molar refractivity (Wildman–Crippen MR) is 90.6 cm³/mol. The van der Waals surface area contributed by atoms with E-state index in [0.29, 0.717) is 11.5 Å². The molecular formula is C20H31N. The molecule has 116 valence electrons. The van der Waals surface area contributed by atoms with E-state index in [9.17, 15) is 0 Å². The summed E-state index contributed by atoms with van der Waals surface area (Å²) in [6.07, 6.45) is 8.35. The Morgan fingerprint density at radius 1 is 1.14 bits per heavy atom. The van der Waals surface area contributed by atoms with Crippen LogP contribution >= 0.6 is 0 Å². The van der Waals surface area contributed by atoms with Crippen molar-refractivity contribution in [2.24, 2.45) is 11.3 Å². The molecule has 3 rings (SSSR count). The fourth-order valence-corrected chi connectivity index (χ4v) is 4.55. The fourth-order valence-electron chi connectivity index (χ4n) is 4.55. The van der Waals surface area contributed by atoms with Crippen molar-refractivity contribution in [2.75, 3.05) is 6.54 Å². The molecule has 2 aliphatic rings. The summed E-state index contributed by atoms with van der Waals surface area (Å²) < 4.78 is 0. The van der Waals surface area contributed by atoms with Crippen molar-refractivity contribution in [1.29, 1.82) is 0 Å². The molecule has 0 saturated heterocycles. The minimum absolute atomic E-state index is 0.472. The lowest BCUT2D eigenvalue weighted by molar-refractivity contribution is 0.197. The fraction of sp³-hybridized carbons (Fsp3) is 0.700. The normalized spacial score (nSPS) is 26.5. The van der Waals surface area contributed by atoms with Gasteiger partial charge >= 0.3 is 0 Å². The van der Waals surface area contributed by atoms with Gasteiger partial charge in [0.2, 0.25) is 0 Å². The Bertz CT molecular complexity index is 472. The molecule has 2 saturated carbocycles. The topological polar surface area (TPSA) is 12.0 Å². The van der Waals surface area contributed by atoms with Crippen LogP contribution in [0.4, 0.5) is 0 Å². The zero-order valence-electron chi connectivity index (χ0n) is 14.0. The van der Waals surface area contributed by atoms with E-state index in [1.54, 1.807) is 11.1 Å². The summed E-state index contributed by atoms with van der Waals surface area (Å²) in [4.78, 5) is 0. The number of rotatable bonds is 5. The van der Waals surface area contributed by atoms with Crippen LogP contribution in [0.1, 0.15) is 82.4 Å². The van der Waals surface area contributed by atoms with Gasteiger partial charge in [0, 0.05) is 6.04 Å². The van der Waals surface area contributed by atoms with Crippen LogP contribution in [0.5, 0.6) is 0 Å². The third-order valence-electron chi connectivity index (χ3n) is 6.04. The van der Waals surface area contributed by atoms with Gasteiger partial charge in [0.05, 0.1) is 0 Å². The van der Waals surface area contributed by atoms with E-state index >= 15 is 0 Å². The molecule has 1 aromatic rings. The largest absolute Gasteiger partial charge is 0.310 e. The van der Waals surface area contributed by atoms with Gasteiger partial charge in [-0.05, 0) is 60.6 Å². The lowest BCUT2D eigenvalue weighted by atomic mass is 9.71. The quantitative estimate of drug-likeness (QED) is 0.760. The van der Waals surface area contributed by atoms with Crippen LogP contribution in [0, 0.1) is 11.3 Å². The molecule has 2 aliphatic carbocycles. The highest BCUT2D eigenvalue weighted by atomic mass is 14.9. The molecule has 0 aromatic heterocycles. The van der Waals surface area contributed by atoms with Gasteiger partial charge in [0.1, 0.15) is 0 Å². The summed E-state index contributed by atoms with van der Waals surface area (Å²) in [5, 5.41) is 3.84. The molecule has 0 aliphatic heterocycles. The lowest BCUT2D eigenvalue weighted by Crippen LogP contribution is -2.35. The van der Waals surface area contributed by atoms with Gasteiger partial charge < -0.3 is 5.32 Å². The van der Waals surface area contributed by atoms with Crippen LogP contribution in [-0.4, -0.2) is 6.54 Å². The van der Waals surface area contributed by atoms with Gasteiger partial charge in [-0.15, -0.1) is 0 Å². The van der Waals surface area contributed by atoms with Crippen molar-refractivity contribution >= 4 is 0 Å². The average molecular weight is 285 g/mol. The molecule has 1 aromatic carbocycles. The van der Waals surface area contributed by atoms with Crippen molar-refractivity contribution in [1.82, 2.24) is 5.32 Å². The highest BCUT2D eigenvalue weighted by molar-refractivity contribution is 5.35. The molecule has 1 nitrogen and oxygen atoms in total. The van der Waals surface area contributed by atoms with Crippen molar-refractivity contribution in [3.05, 3.63) is 35.4 Å². The third kappa shape index (κ3) is 2.90. The Morgan fingerprint density at radius 2 is 1.90 bits per heavy atom. The Hall–Kier alpha value is -0.820. The second kappa shape index (κ2) is 6.12. The Morgan fingerprint density at radius 3 is 2.48 bits per heavy atom. The summed E-state index contributed by atoms with van der Waals surface area (Å²) in [5.74, 6) is 1.60. The predicted octanol–water partition coefficient (Wildman–Crippen LogP) is 5.43. The molecule has 1 N–H and O–H groups in total. The first-order valence-electron chi connectivity index (χ1n) is 8.95. The molecule has 0 spiro atoms. The van der Waals surface area contributed by atoms with Crippen LogP contribution in [-0.2, 0) is 0 Å². The van der Waals surface area contributed by atoms with Crippen LogP contribution in [0.2, 0.25) is 0 Å². The van der Waals surface area contributed by atoms with E-state index in [-0.39, 0.29) is 0 Å². The number of benzene rings is 1. The number of hydrogen-bond donors (Lipinski definition) is 1. The molecule has 21 heavy (non-hydrogen) atoms. The summed E-state index contributed by atoms with van der Waals surface area (Å²) in [6.45, 7) is 8.26. The smallest absolute Gasteiger partial charge is 0.0356 e. The van der Waals surface area contributed by atoms with Gasteiger partial charge in [-0.3, -0.25) is 0 Å². The maximum Gasteiger partial charge on any atom is 0.0356 e. The van der Waals surface area contributed by atoms with Crippen LogP contribution in [0.3, 0.4) is 0 Å². The second-order valence-corrected chi connectivity index (χ2v) is 7.78. The van der Waals surface area contributed by atoms with E-state index in [1.165, 1.54) is 38.5 Å². The molecule has 0 radical (unpaired) electrons. The first kappa shape index (κ1) is 15.1. The monoisotopic (exact) mass is 285 g/mol. The van der Waals surface area contributed by atoms with Crippen molar-refractivity contribution < 1.29 is 0 Å². The SMILES string of the molecule is CCNC(c1ccccc1C1CCC1)C1CCCC1(C)C. The minimum atomic E-state index is 0.472. The van der Waals surface area contributed by atoms with Crippen molar-refractivity contribution in [2.45, 2.75) is 71.3 Å². The summed E-state index contributed by atoms with van der Waals surface area (Å²) in [5.41, 5.74) is 3.71. The molecule has 2 atom stereocenters. The summed E-state index contributed by atoms with van der Waals surface area (Å²) in [7, 11) is 0. The Kier molecular flexibility index (Phi) is 4.40. The van der Waals surface area contributed by atoms with Gasteiger partial charge in [-0.1, -0.05) is 57.9 Å². The average Bonchev–Trinajstić information content (AvgIpc) is 2.75. The van der Waals surface area contributed by atoms with E-state index in [0.717, 1.165) is 18.4 Å². The Balaban J connectivity index is 1.94. The molecule has 0 bridgehead atoms. The van der Waals surface area contributed by atoms with Gasteiger partial charge in [-0.25, -0.2) is 0 Å². The first-order chi connectivity index (χ1) is 10.1. The van der Waals surface area contributed by atoms with E-state index in [4.69, 9.17) is 0 Å². The minimum Gasteiger partial charge on any atom is -0.310 e. The Labute approximate surface area is 130 Å². The van der Waals surface area contributed by atoms with Crippen molar-refractivity contribution in [3.8, 4) is 0 Å². The lowest BCUT2D eigenvalue weighted by Gasteiger charge is -2.38. The van der Waals surface area contributed by atoms with Gasteiger partial charge in [0.25, 0.3) is 0 Å². The first-order valence-corrected chi connectivity index (χ1v) is 8.95. The van der Waals surface area contributed by atoms with Crippen LogP contribution < -0.4 is 5.32 Å². The zero-order chi connectivity index (χ0) is 14.9. The van der Waals surface area contributed by atoms with E-state index < -0.39 is 0 Å². The summed E-state index contributed by atoms with van der Waals surface area (Å²) in [6, 6.07) is 9.81. The maximum absolute atomic E-state index is 3.84. The van der Waals surface area contributed by atoms with E-state index in [2.05, 4.69) is 50.4 Å². The third-order valence-corrected chi connectivity index (χ3v) is 6.04. The van der Waals surface area contributed by atoms with Crippen LogP contribution in [0.25, 0.3) is 0 Å². The standard InChI is InChI=1S/C20H31N/c1-4-21-19(18-13-8-14-20(18,2)3)17-12-6-5-11-16(17)15-9-7-10-15/h5-6,11-12,15,18-19,21H,4,7-10,13-14H2,1-3H3. The number of nitrogens with one attached hydrogen (secondary N) is 1. The molecular weight excluding hydrogens is 254 g/mol. The van der Waals surface area contributed by atoms with E-state index in [1.807, 2.05) is 0 Å². The van der Waals surface area contributed by atoms with Crippen molar-refractivity contribution in [3.63, 3.8) is 0 Å². The molecule has 2 fully saturated rings. The zero-order valence-corrected chi connectivity index (χ0v) is 14.0.